The van der Waals surface area contributed by atoms with Gasteiger partial charge in [-0.25, -0.2) is 9.97 Å². The average Bonchev–Trinajstić information content (AvgIpc) is 3.68. The maximum absolute atomic E-state index is 4.95. The first-order valence-electron chi connectivity index (χ1n) is 12.2. The predicted octanol–water partition coefficient (Wildman–Crippen LogP) is 5.22. The van der Waals surface area contributed by atoms with Crippen molar-refractivity contribution in [3.63, 3.8) is 0 Å². The summed E-state index contributed by atoms with van der Waals surface area (Å²) in [6.45, 7) is 3.27. The van der Waals surface area contributed by atoms with Crippen LogP contribution in [0.25, 0.3) is 55.8 Å². The summed E-state index contributed by atoms with van der Waals surface area (Å²) in [6.07, 6.45) is 15.7. The fourth-order valence-electron chi connectivity index (χ4n) is 5.06. The van der Waals surface area contributed by atoms with Crippen LogP contribution in [0.2, 0.25) is 0 Å². The zero-order valence-electron chi connectivity index (χ0n) is 19.6. The quantitative estimate of drug-likeness (QED) is 0.357. The highest BCUT2D eigenvalue weighted by Gasteiger charge is 2.16. The number of hydrogen-bond acceptors (Lipinski definition) is 6. The van der Waals surface area contributed by atoms with Crippen molar-refractivity contribution in [3.8, 4) is 33.8 Å². The van der Waals surface area contributed by atoms with Gasteiger partial charge in [0.2, 0.25) is 0 Å². The zero-order valence-corrected chi connectivity index (χ0v) is 19.6. The van der Waals surface area contributed by atoms with Crippen molar-refractivity contribution < 1.29 is 0 Å². The minimum Gasteiger partial charge on any atom is -0.345 e. The smallest absolute Gasteiger partial charge is 0.140 e. The molecule has 1 aliphatic heterocycles. The number of nitrogens with one attached hydrogen (secondary N) is 2. The highest BCUT2D eigenvalue weighted by Crippen LogP contribution is 2.33. The van der Waals surface area contributed by atoms with Crippen molar-refractivity contribution in [2.45, 2.75) is 19.4 Å². The SMILES string of the molecule is c1ccc(-c2cncc3[nH]c(-c4c[nH]c5ncc(-c6cncc(CN7CCCC7)c6)cc45)nc23)nc1. The first-order chi connectivity index (χ1) is 17.8. The summed E-state index contributed by atoms with van der Waals surface area (Å²) in [5, 5.41) is 1.00. The molecule has 8 heteroatoms. The summed E-state index contributed by atoms with van der Waals surface area (Å²) in [6, 6.07) is 10.2. The molecule has 7 heterocycles. The molecule has 0 spiro atoms. The molecule has 0 saturated carbocycles. The third kappa shape index (κ3) is 3.72. The predicted molar refractivity (Wildman–Crippen MR) is 140 cm³/mol. The van der Waals surface area contributed by atoms with Crippen LogP contribution in [0.3, 0.4) is 0 Å². The molecule has 8 nitrogen and oxygen atoms in total. The van der Waals surface area contributed by atoms with Crippen LogP contribution in [0.15, 0.2) is 73.7 Å². The van der Waals surface area contributed by atoms with Crippen LogP contribution in [0.5, 0.6) is 0 Å². The van der Waals surface area contributed by atoms with Crippen molar-refractivity contribution in [3.05, 3.63) is 79.3 Å². The van der Waals surface area contributed by atoms with E-state index in [9.17, 15) is 0 Å². The van der Waals surface area contributed by atoms with Crippen LogP contribution in [-0.4, -0.2) is 52.9 Å². The van der Waals surface area contributed by atoms with Crippen molar-refractivity contribution in [2.24, 2.45) is 0 Å². The molecular formula is C28H24N8. The summed E-state index contributed by atoms with van der Waals surface area (Å²) in [5.74, 6) is 0.765. The van der Waals surface area contributed by atoms with Gasteiger partial charge < -0.3 is 9.97 Å². The van der Waals surface area contributed by atoms with Gasteiger partial charge in [-0.1, -0.05) is 6.07 Å². The second-order valence-electron chi connectivity index (χ2n) is 9.27. The van der Waals surface area contributed by atoms with Crippen LogP contribution in [0.4, 0.5) is 0 Å². The molecule has 1 saturated heterocycles. The Hall–Kier alpha value is -4.43. The van der Waals surface area contributed by atoms with E-state index in [0.717, 1.165) is 62.4 Å². The molecule has 6 aromatic rings. The molecule has 1 aliphatic rings. The molecular weight excluding hydrogens is 448 g/mol. The standard InChI is InChI=1S/C28H24N8/c1-2-6-31-24(5-1)23-14-30-16-25-26(23)35-28(34-25)22-15-33-27-21(22)10-20(13-32-27)19-9-18(11-29-12-19)17-36-7-3-4-8-36/h1-2,5-6,9-16H,3-4,7-8,17H2,(H,32,33)(H,34,35). The highest BCUT2D eigenvalue weighted by atomic mass is 15.1. The minimum absolute atomic E-state index is 0.765. The molecule has 0 unspecified atom stereocenters. The van der Waals surface area contributed by atoms with Gasteiger partial charge in [0.15, 0.2) is 0 Å². The Morgan fingerprint density at radius 1 is 0.861 bits per heavy atom. The summed E-state index contributed by atoms with van der Waals surface area (Å²) < 4.78 is 0. The van der Waals surface area contributed by atoms with Gasteiger partial charge in [-0.3, -0.25) is 19.9 Å². The van der Waals surface area contributed by atoms with Gasteiger partial charge in [-0.15, -0.1) is 0 Å². The number of aromatic amines is 2. The molecule has 36 heavy (non-hydrogen) atoms. The zero-order chi connectivity index (χ0) is 23.9. The van der Waals surface area contributed by atoms with Crippen molar-refractivity contribution in [1.29, 1.82) is 0 Å². The molecule has 176 valence electrons. The number of imidazole rings is 1. The fraction of sp³-hybridized carbons (Fsp3) is 0.179. The Kier molecular flexibility index (Phi) is 5.03. The molecule has 1 fully saturated rings. The van der Waals surface area contributed by atoms with E-state index in [0.29, 0.717) is 0 Å². The molecule has 0 amide bonds. The number of fused-ring (bicyclic) bond motifs is 2. The van der Waals surface area contributed by atoms with Crippen molar-refractivity contribution >= 4 is 22.1 Å². The molecule has 0 aromatic carbocycles. The van der Waals surface area contributed by atoms with E-state index in [1.807, 2.05) is 49.2 Å². The van der Waals surface area contributed by atoms with Gasteiger partial charge in [-0.05, 0) is 55.8 Å². The number of likely N-dealkylation sites (tertiary alicyclic amines) is 1. The van der Waals surface area contributed by atoms with Crippen molar-refractivity contribution in [1.82, 2.24) is 39.8 Å². The summed E-state index contributed by atoms with van der Waals surface area (Å²) in [4.78, 5) is 32.3. The minimum atomic E-state index is 0.765. The number of pyridine rings is 4. The van der Waals surface area contributed by atoms with Gasteiger partial charge >= 0.3 is 0 Å². The summed E-state index contributed by atoms with van der Waals surface area (Å²) in [7, 11) is 0. The van der Waals surface area contributed by atoms with E-state index in [-0.39, 0.29) is 0 Å². The molecule has 0 atom stereocenters. The second kappa shape index (κ2) is 8.66. The molecule has 6 aromatic heterocycles. The number of rotatable bonds is 5. The number of aromatic nitrogens is 7. The molecule has 0 radical (unpaired) electrons. The normalized spacial score (nSPS) is 14.2. The lowest BCUT2D eigenvalue weighted by atomic mass is 10.1. The number of hydrogen-bond donors (Lipinski definition) is 2. The fourth-order valence-corrected chi connectivity index (χ4v) is 5.06. The van der Waals surface area contributed by atoms with E-state index in [1.54, 1.807) is 12.4 Å². The lowest BCUT2D eigenvalue weighted by molar-refractivity contribution is 0.331. The largest absolute Gasteiger partial charge is 0.345 e. The highest BCUT2D eigenvalue weighted by molar-refractivity contribution is 5.97. The van der Waals surface area contributed by atoms with Crippen molar-refractivity contribution in [2.75, 3.05) is 13.1 Å². The van der Waals surface area contributed by atoms with E-state index in [4.69, 9.17) is 9.97 Å². The van der Waals surface area contributed by atoms with Gasteiger partial charge in [0, 0.05) is 71.4 Å². The maximum Gasteiger partial charge on any atom is 0.140 e. The van der Waals surface area contributed by atoms with E-state index < -0.39 is 0 Å². The van der Waals surface area contributed by atoms with Crippen LogP contribution >= 0.6 is 0 Å². The van der Waals surface area contributed by atoms with E-state index in [2.05, 4.69) is 42.0 Å². The van der Waals surface area contributed by atoms with Crippen LogP contribution < -0.4 is 0 Å². The Morgan fingerprint density at radius 3 is 2.64 bits per heavy atom. The van der Waals surface area contributed by atoms with Crippen LogP contribution in [-0.2, 0) is 6.54 Å². The number of H-pyrrole nitrogens is 2. The summed E-state index contributed by atoms with van der Waals surface area (Å²) in [5.41, 5.74) is 8.57. The Labute approximate surface area is 207 Å². The first kappa shape index (κ1) is 20.9. The summed E-state index contributed by atoms with van der Waals surface area (Å²) >= 11 is 0. The van der Waals surface area contributed by atoms with Gasteiger partial charge in [0.05, 0.1) is 17.4 Å². The molecule has 7 rings (SSSR count). The number of nitrogens with zero attached hydrogens (tertiary/aromatic N) is 6. The van der Waals surface area contributed by atoms with Gasteiger partial charge in [0.1, 0.15) is 17.0 Å². The third-order valence-corrected chi connectivity index (χ3v) is 6.85. The monoisotopic (exact) mass is 472 g/mol. The average molecular weight is 473 g/mol. The first-order valence-corrected chi connectivity index (χ1v) is 12.2. The van der Waals surface area contributed by atoms with Gasteiger partial charge in [-0.2, -0.15) is 0 Å². The Bertz CT molecular complexity index is 1680. The Balaban J connectivity index is 1.28. The third-order valence-electron chi connectivity index (χ3n) is 6.85. The van der Waals surface area contributed by atoms with Gasteiger partial charge in [0.25, 0.3) is 0 Å². The molecule has 0 aliphatic carbocycles. The maximum atomic E-state index is 4.95. The Morgan fingerprint density at radius 2 is 1.75 bits per heavy atom. The van der Waals surface area contributed by atoms with E-state index >= 15 is 0 Å². The van der Waals surface area contributed by atoms with Crippen LogP contribution in [0.1, 0.15) is 18.4 Å². The van der Waals surface area contributed by atoms with E-state index in [1.165, 1.54) is 31.5 Å². The molecule has 2 N–H and O–H groups in total. The topological polar surface area (TPSA) is 99.3 Å². The molecule has 0 bridgehead atoms. The second-order valence-corrected chi connectivity index (χ2v) is 9.27. The lowest BCUT2D eigenvalue weighted by Gasteiger charge is -2.14. The lowest BCUT2D eigenvalue weighted by Crippen LogP contribution is -2.18. The van der Waals surface area contributed by atoms with Crippen LogP contribution in [0, 0.1) is 0 Å².